The van der Waals surface area contributed by atoms with Gasteiger partial charge >= 0.3 is 0 Å². The lowest BCUT2D eigenvalue weighted by Crippen LogP contribution is -2.45. The summed E-state index contributed by atoms with van der Waals surface area (Å²) in [6.07, 6.45) is 3.36. The highest BCUT2D eigenvalue weighted by Gasteiger charge is 2.28. The molecular formula is C14H25N5O. The van der Waals surface area contributed by atoms with Crippen LogP contribution in [0.3, 0.4) is 0 Å². The van der Waals surface area contributed by atoms with E-state index in [0.717, 1.165) is 50.9 Å². The Morgan fingerprint density at radius 1 is 1.25 bits per heavy atom. The molecule has 20 heavy (non-hydrogen) atoms. The van der Waals surface area contributed by atoms with E-state index in [1.54, 1.807) is 0 Å². The Morgan fingerprint density at radius 2 is 2.05 bits per heavy atom. The van der Waals surface area contributed by atoms with Crippen molar-refractivity contribution in [2.75, 3.05) is 46.8 Å². The maximum absolute atomic E-state index is 5.48. The zero-order valence-electron chi connectivity index (χ0n) is 12.5. The fraction of sp³-hybridized carbons (Fsp3) is 0.857. The summed E-state index contributed by atoms with van der Waals surface area (Å²) in [5.41, 5.74) is 0. The van der Waals surface area contributed by atoms with Gasteiger partial charge in [0.05, 0.1) is 6.04 Å². The highest BCUT2D eigenvalue weighted by atomic mass is 16.5. The van der Waals surface area contributed by atoms with Crippen LogP contribution >= 0.6 is 0 Å². The van der Waals surface area contributed by atoms with Crippen LogP contribution in [0.1, 0.15) is 30.6 Å². The van der Waals surface area contributed by atoms with Gasteiger partial charge in [0.2, 0.25) is 5.89 Å². The molecule has 0 radical (unpaired) electrons. The van der Waals surface area contributed by atoms with Gasteiger partial charge < -0.3 is 14.7 Å². The zero-order valence-corrected chi connectivity index (χ0v) is 12.5. The van der Waals surface area contributed by atoms with Crippen LogP contribution < -0.4 is 5.32 Å². The summed E-state index contributed by atoms with van der Waals surface area (Å²) < 4.78 is 5.48. The Morgan fingerprint density at radius 3 is 2.85 bits per heavy atom. The number of nitrogens with one attached hydrogen (secondary N) is 1. The topological polar surface area (TPSA) is 57.4 Å². The fourth-order valence-electron chi connectivity index (χ4n) is 3.11. The van der Waals surface area contributed by atoms with Gasteiger partial charge in [0, 0.05) is 26.1 Å². The maximum atomic E-state index is 5.48. The number of rotatable bonds is 3. The first-order chi connectivity index (χ1) is 9.72. The van der Waals surface area contributed by atoms with Crippen LogP contribution in [-0.2, 0) is 6.42 Å². The van der Waals surface area contributed by atoms with E-state index in [1.165, 1.54) is 12.8 Å². The molecule has 0 aliphatic carbocycles. The van der Waals surface area contributed by atoms with Crippen molar-refractivity contribution in [3.63, 3.8) is 0 Å². The standard InChI is InChI=1S/C14H25N5O/c1-18-7-8-19(2)12(10-18)14-16-13(20-17-14)9-11-3-5-15-6-4-11/h11-12,15H,3-10H2,1-2H3. The lowest BCUT2D eigenvalue weighted by molar-refractivity contribution is 0.108. The molecule has 2 saturated heterocycles. The molecule has 3 heterocycles. The van der Waals surface area contributed by atoms with Crippen molar-refractivity contribution in [3.05, 3.63) is 11.7 Å². The minimum Gasteiger partial charge on any atom is -0.339 e. The molecule has 0 bridgehead atoms. The summed E-state index contributed by atoms with van der Waals surface area (Å²) in [6, 6.07) is 0.263. The summed E-state index contributed by atoms with van der Waals surface area (Å²) >= 11 is 0. The second-order valence-corrected chi connectivity index (χ2v) is 6.20. The highest BCUT2D eigenvalue weighted by molar-refractivity contribution is 4.98. The van der Waals surface area contributed by atoms with Gasteiger partial charge in [-0.05, 0) is 45.9 Å². The summed E-state index contributed by atoms with van der Waals surface area (Å²) in [5.74, 6) is 2.35. The molecule has 2 fully saturated rings. The number of aromatic nitrogens is 2. The van der Waals surface area contributed by atoms with Gasteiger partial charge in [0.1, 0.15) is 0 Å². The Kier molecular flexibility index (Phi) is 4.33. The quantitative estimate of drug-likeness (QED) is 0.871. The molecule has 1 unspecified atom stereocenters. The summed E-state index contributed by atoms with van der Waals surface area (Å²) in [7, 11) is 4.29. The van der Waals surface area contributed by atoms with E-state index in [2.05, 4.69) is 39.4 Å². The second kappa shape index (κ2) is 6.20. The number of likely N-dealkylation sites (N-methyl/N-ethyl adjacent to an activating group) is 2. The molecule has 2 aliphatic rings. The van der Waals surface area contributed by atoms with E-state index in [9.17, 15) is 0 Å². The maximum Gasteiger partial charge on any atom is 0.226 e. The van der Waals surface area contributed by atoms with Gasteiger partial charge in [-0.2, -0.15) is 4.98 Å². The molecule has 1 N–H and O–H groups in total. The summed E-state index contributed by atoms with van der Waals surface area (Å²) in [6.45, 7) is 5.36. The molecular weight excluding hydrogens is 254 g/mol. The molecule has 0 amide bonds. The SMILES string of the molecule is CN1CCN(C)C(c2noc(CC3CCNCC3)n2)C1. The van der Waals surface area contributed by atoms with Gasteiger partial charge in [-0.1, -0.05) is 5.16 Å². The lowest BCUT2D eigenvalue weighted by Gasteiger charge is -2.35. The smallest absolute Gasteiger partial charge is 0.226 e. The van der Waals surface area contributed by atoms with Crippen molar-refractivity contribution < 1.29 is 4.52 Å². The average molecular weight is 279 g/mol. The monoisotopic (exact) mass is 279 g/mol. The van der Waals surface area contributed by atoms with E-state index >= 15 is 0 Å². The number of hydrogen-bond donors (Lipinski definition) is 1. The summed E-state index contributed by atoms with van der Waals surface area (Å²) in [4.78, 5) is 9.29. The van der Waals surface area contributed by atoms with E-state index in [1.807, 2.05) is 0 Å². The molecule has 6 heteroatoms. The predicted molar refractivity (Wildman–Crippen MR) is 76.5 cm³/mol. The minimum absolute atomic E-state index is 0.263. The molecule has 1 aromatic rings. The van der Waals surface area contributed by atoms with Crippen LogP contribution in [0, 0.1) is 5.92 Å². The summed E-state index contributed by atoms with van der Waals surface area (Å²) in [5, 5.41) is 7.61. The van der Waals surface area contributed by atoms with Crippen molar-refractivity contribution >= 4 is 0 Å². The average Bonchev–Trinajstić information content (AvgIpc) is 2.91. The van der Waals surface area contributed by atoms with Gasteiger partial charge in [0.15, 0.2) is 5.82 Å². The van der Waals surface area contributed by atoms with Gasteiger partial charge in [-0.25, -0.2) is 0 Å². The van der Waals surface area contributed by atoms with Crippen LogP contribution in [-0.4, -0.2) is 66.8 Å². The molecule has 0 saturated carbocycles. The second-order valence-electron chi connectivity index (χ2n) is 6.20. The van der Waals surface area contributed by atoms with Crippen molar-refractivity contribution in [1.29, 1.82) is 0 Å². The number of piperazine rings is 1. The molecule has 1 aromatic heterocycles. The van der Waals surface area contributed by atoms with Crippen LogP contribution in [0.25, 0.3) is 0 Å². The Bertz CT molecular complexity index is 429. The van der Waals surface area contributed by atoms with Crippen molar-refractivity contribution in [3.8, 4) is 0 Å². The molecule has 3 rings (SSSR count). The van der Waals surface area contributed by atoms with Crippen LogP contribution in [0.15, 0.2) is 4.52 Å². The first-order valence-corrected chi connectivity index (χ1v) is 7.64. The Hall–Kier alpha value is -0.980. The van der Waals surface area contributed by atoms with E-state index in [4.69, 9.17) is 4.52 Å². The molecule has 2 aliphatic heterocycles. The lowest BCUT2D eigenvalue weighted by atomic mass is 9.95. The largest absolute Gasteiger partial charge is 0.339 e. The molecule has 0 spiro atoms. The van der Waals surface area contributed by atoms with E-state index in [-0.39, 0.29) is 6.04 Å². The predicted octanol–water partition coefficient (Wildman–Crippen LogP) is 0.530. The molecule has 6 nitrogen and oxygen atoms in total. The fourth-order valence-corrected chi connectivity index (χ4v) is 3.11. The van der Waals surface area contributed by atoms with E-state index in [0.29, 0.717) is 5.92 Å². The number of piperidine rings is 1. The molecule has 1 atom stereocenters. The first kappa shape index (κ1) is 14.0. The molecule has 0 aromatic carbocycles. The zero-order chi connectivity index (χ0) is 13.9. The van der Waals surface area contributed by atoms with Crippen LogP contribution in [0.2, 0.25) is 0 Å². The third-order valence-corrected chi connectivity index (χ3v) is 4.55. The normalized spacial score (nSPS) is 27.0. The first-order valence-electron chi connectivity index (χ1n) is 7.64. The van der Waals surface area contributed by atoms with Crippen molar-refractivity contribution in [2.45, 2.75) is 25.3 Å². The molecule has 112 valence electrons. The Balaban J connectivity index is 1.63. The highest BCUT2D eigenvalue weighted by Crippen LogP contribution is 2.22. The van der Waals surface area contributed by atoms with Crippen molar-refractivity contribution in [2.24, 2.45) is 5.92 Å². The van der Waals surface area contributed by atoms with E-state index < -0.39 is 0 Å². The Labute approximate surface area is 120 Å². The van der Waals surface area contributed by atoms with Gasteiger partial charge in [-0.3, -0.25) is 4.90 Å². The van der Waals surface area contributed by atoms with Crippen LogP contribution in [0.4, 0.5) is 0 Å². The minimum atomic E-state index is 0.263. The third kappa shape index (κ3) is 3.19. The van der Waals surface area contributed by atoms with Crippen LogP contribution in [0.5, 0.6) is 0 Å². The number of nitrogens with zero attached hydrogens (tertiary/aromatic N) is 4. The van der Waals surface area contributed by atoms with Gasteiger partial charge in [-0.15, -0.1) is 0 Å². The van der Waals surface area contributed by atoms with Crippen molar-refractivity contribution in [1.82, 2.24) is 25.3 Å². The van der Waals surface area contributed by atoms with Gasteiger partial charge in [0.25, 0.3) is 0 Å². The third-order valence-electron chi connectivity index (χ3n) is 4.55. The number of hydrogen-bond acceptors (Lipinski definition) is 6.